The van der Waals surface area contributed by atoms with E-state index in [1.165, 1.54) is 5.69 Å². The van der Waals surface area contributed by atoms with Crippen molar-refractivity contribution in [3.05, 3.63) is 53.1 Å². The maximum absolute atomic E-state index is 6.08. The minimum atomic E-state index is 0.707. The number of benzene rings is 2. The first-order valence-corrected chi connectivity index (χ1v) is 9.06. The third-order valence-corrected chi connectivity index (χ3v) is 5.02. The molecule has 0 saturated carbocycles. The lowest BCUT2D eigenvalue weighted by atomic mass is 10.2. The number of aryl methyl sites for hydroxylation is 1. The Morgan fingerprint density at radius 1 is 1.12 bits per heavy atom. The summed E-state index contributed by atoms with van der Waals surface area (Å²) >= 11 is 11.7. The topological polar surface area (TPSA) is 27.7 Å². The van der Waals surface area contributed by atoms with Crippen molar-refractivity contribution in [2.75, 3.05) is 43.5 Å². The number of anilines is 2. The van der Waals surface area contributed by atoms with Crippen LogP contribution in [0.5, 0.6) is 5.75 Å². The number of nitrogens with zero attached hydrogens (tertiary/aromatic N) is 2. The van der Waals surface area contributed by atoms with Gasteiger partial charge in [0.25, 0.3) is 0 Å². The summed E-state index contributed by atoms with van der Waals surface area (Å²) in [5.74, 6) is 0.883. The molecule has 1 N–H and O–H groups in total. The highest BCUT2D eigenvalue weighted by Crippen LogP contribution is 2.23. The molecule has 4 nitrogen and oxygen atoms in total. The third kappa shape index (κ3) is 4.35. The molecule has 2 aromatic rings. The molecule has 0 bridgehead atoms. The van der Waals surface area contributed by atoms with Crippen molar-refractivity contribution in [2.24, 2.45) is 0 Å². The average Bonchev–Trinajstić information content (AvgIpc) is 2.65. The Kier molecular flexibility index (Phi) is 5.66. The van der Waals surface area contributed by atoms with Crippen molar-refractivity contribution in [1.82, 2.24) is 4.90 Å². The van der Waals surface area contributed by atoms with Crippen LogP contribution in [0.15, 0.2) is 42.5 Å². The average molecular weight is 376 g/mol. The van der Waals surface area contributed by atoms with Crippen LogP contribution >= 0.6 is 23.8 Å². The fourth-order valence-electron chi connectivity index (χ4n) is 2.90. The fourth-order valence-corrected chi connectivity index (χ4v) is 3.36. The van der Waals surface area contributed by atoms with Crippen LogP contribution in [0.3, 0.4) is 0 Å². The van der Waals surface area contributed by atoms with Gasteiger partial charge < -0.3 is 19.9 Å². The number of ether oxygens (including phenoxy) is 1. The lowest BCUT2D eigenvalue weighted by Crippen LogP contribution is -2.50. The number of methoxy groups -OCH3 is 1. The van der Waals surface area contributed by atoms with Crippen LogP contribution in [-0.4, -0.2) is 43.3 Å². The van der Waals surface area contributed by atoms with Crippen LogP contribution in [0.2, 0.25) is 5.02 Å². The molecule has 0 atom stereocenters. The molecule has 1 heterocycles. The zero-order valence-corrected chi connectivity index (χ0v) is 16.0. The molecular formula is C19H22ClN3OS. The van der Waals surface area contributed by atoms with E-state index < -0.39 is 0 Å². The molecule has 3 rings (SSSR count). The predicted octanol–water partition coefficient (Wildman–Crippen LogP) is 4.18. The third-order valence-electron chi connectivity index (χ3n) is 4.43. The van der Waals surface area contributed by atoms with E-state index in [0.29, 0.717) is 5.02 Å². The van der Waals surface area contributed by atoms with Crippen molar-refractivity contribution >= 4 is 40.3 Å². The maximum Gasteiger partial charge on any atom is 0.173 e. The lowest BCUT2D eigenvalue weighted by molar-refractivity contribution is 0.389. The van der Waals surface area contributed by atoms with E-state index >= 15 is 0 Å². The van der Waals surface area contributed by atoms with Gasteiger partial charge in [0.05, 0.1) is 7.11 Å². The normalized spacial score (nSPS) is 14.4. The van der Waals surface area contributed by atoms with Crippen molar-refractivity contribution in [1.29, 1.82) is 0 Å². The van der Waals surface area contributed by atoms with Gasteiger partial charge in [-0.25, -0.2) is 0 Å². The van der Waals surface area contributed by atoms with Gasteiger partial charge in [-0.1, -0.05) is 23.7 Å². The summed E-state index contributed by atoms with van der Waals surface area (Å²) in [5, 5.41) is 4.78. The Balaban J connectivity index is 1.60. The summed E-state index contributed by atoms with van der Waals surface area (Å²) in [4.78, 5) is 4.55. The Morgan fingerprint density at radius 3 is 2.60 bits per heavy atom. The van der Waals surface area contributed by atoms with Gasteiger partial charge in [-0.05, 0) is 49.0 Å². The predicted molar refractivity (Wildman–Crippen MR) is 109 cm³/mol. The lowest BCUT2D eigenvalue weighted by Gasteiger charge is -2.37. The van der Waals surface area contributed by atoms with E-state index in [0.717, 1.165) is 48.3 Å². The van der Waals surface area contributed by atoms with Gasteiger partial charge in [0.15, 0.2) is 5.11 Å². The van der Waals surface area contributed by atoms with E-state index in [9.17, 15) is 0 Å². The highest BCUT2D eigenvalue weighted by Gasteiger charge is 2.20. The molecule has 1 aliphatic rings. The molecule has 1 saturated heterocycles. The Hall–Kier alpha value is -1.98. The fraction of sp³-hybridized carbons (Fsp3) is 0.316. The summed E-state index contributed by atoms with van der Waals surface area (Å²) in [6.07, 6.45) is 0. The first-order valence-electron chi connectivity index (χ1n) is 8.28. The number of rotatable bonds is 3. The molecule has 1 aliphatic heterocycles. The number of hydrogen-bond donors (Lipinski definition) is 1. The van der Waals surface area contributed by atoms with Gasteiger partial charge in [0, 0.05) is 48.6 Å². The second-order valence-electron chi connectivity index (χ2n) is 6.06. The minimum absolute atomic E-state index is 0.707. The smallest absolute Gasteiger partial charge is 0.173 e. The first-order chi connectivity index (χ1) is 12.1. The molecule has 6 heteroatoms. The Morgan fingerprint density at radius 2 is 1.88 bits per heavy atom. The van der Waals surface area contributed by atoms with Crippen LogP contribution in [0.1, 0.15) is 5.56 Å². The van der Waals surface area contributed by atoms with Crippen LogP contribution < -0.4 is 15.0 Å². The van der Waals surface area contributed by atoms with E-state index in [4.69, 9.17) is 28.6 Å². The van der Waals surface area contributed by atoms with E-state index in [1.807, 2.05) is 37.3 Å². The summed E-state index contributed by atoms with van der Waals surface area (Å²) in [6.45, 7) is 5.64. The van der Waals surface area contributed by atoms with Gasteiger partial charge in [-0.3, -0.25) is 0 Å². The minimum Gasteiger partial charge on any atom is -0.497 e. The van der Waals surface area contributed by atoms with E-state index in [2.05, 4.69) is 27.2 Å². The monoisotopic (exact) mass is 375 g/mol. The first kappa shape index (κ1) is 17.8. The molecule has 1 fully saturated rings. The second-order valence-corrected chi connectivity index (χ2v) is 6.89. The summed E-state index contributed by atoms with van der Waals surface area (Å²) < 4.78 is 5.31. The molecular weight excluding hydrogens is 354 g/mol. The Labute approximate surface area is 159 Å². The van der Waals surface area contributed by atoms with Crippen molar-refractivity contribution in [3.63, 3.8) is 0 Å². The largest absolute Gasteiger partial charge is 0.497 e. The highest BCUT2D eigenvalue weighted by molar-refractivity contribution is 7.80. The number of hydrogen-bond acceptors (Lipinski definition) is 3. The molecule has 0 radical (unpaired) electrons. The van der Waals surface area contributed by atoms with Crippen LogP contribution in [0.25, 0.3) is 0 Å². The van der Waals surface area contributed by atoms with Crippen LogP contribution in [0.4, 0.5) is 11.4 Å². The number of halogens is 1. The van der Waals surface area contributed by atoms with Crippen molar-refractivity contribution in [2.45, 2.75) is 6.92 Å². The van der Waals surface area contributed by atoms with Crippen molar-refractivity contribution < 1.29 is 4.74 Å². The van der Waals surface area contributed by atoms with Gasteiger partial charge in [-0.15, -0.1) is 0 Å². The zero-order chi connectivity index (χ0) is 17.8. The number of thiocarbonyl (C=S) groups is 1. The maximum atomic E-state index is 6.08. The SMILES string of the molecule is COc1cccc(N2CCN(C(=S)Nc3cc(Cl)ccc3C)CC2)c1. The molecule has 0 unspecified atom stereocenters. The summed E-state index contributed by atoms with van der Waals surface area (Å²) in [6, 6.07) is 14.0. The van der Waals surface area contributed by atoms with Crippen LogP contribution in [-0.2, 0) is 0 Å². The molecule has 132 valence electrons. The second kappa shape index (κ2) is 7.93. The van der Waals surface area contributed by atoms with Gasteiger partial charge >= 0.3 is 0 Å². The van der Waals surface area contributed by atoms with Crippen LogP contribution in [0, 0.1) is 6.92 Å². The Bertz CT molecular complexity index is 760. The van der Waals surface area contributed by atoms with Crippen molar-refractivity contribution in [3.8, 4) is 5.75 Å². The van der Waals surface area contributed by atoms with E-state index in [-0.39, 0.29) is 0 Å². The molecule has 0 amide bonds. The molecule has 0 spiro atoms. The van der Waals surface area contributed by atoms with Gasteiger partial charge in [0.2, 0.25) is 0 Å². The zero-order valence-electron chi connectivity index (χ0n) is 14.5. The molecule has 2 aromatic carbocycles. The van der Waals surface area contributed by atoms with Gasteiger partial charge in [-0.2, -0.15) is 0 Å². The molecule has 25 heavy (non-hydrogen) atoms. The summed E-state index contributed by atoms with van der Waals surface area (Å²) in [5.41, 5.74) is 3.28. The van der Waals surface area contributed by atoms with Gasteiger partial charge in [0.1, 0.15) is 5.75 Å². The number of nitrogens with one attached hydrogen (secondary N) is 1. The molecule has 0 aromatic heterocycles. The number of piperazine rings is 1. The quantitative estimate of drug-likeness (QED) is 0.812. The van der Waals surface area contributed by atoms with E-state index in [1.54, 1.807) is 7.11 Å². The summed E-state index contributed by atoms with van der Waals surface area (Å²) in [7, 11) is 1.69. The standard InChI is InChI=1S/C19H22ClN3OS/c1-14-6-7-15(20)12-18(14)21-19(25)23-10-8-22(9-11-23)16-4-3-5-17(13-16)24-2/h3-7,12-13H,8-11H2,1-2H3,(H,21,25). The molecule has 0 aliphatic carbocycles. The highest BCUT2D eigenvalue weighted by atomic mass is 35.5.